The number of hydrogen-bond acceptors (Lipinski definition) is 4. The maximum Gasteiger partial charge on any atom is 0.188 e. The van der Waals surface area contributed by atoms with Gasteiger partial charge in [0, 0.05) is 17.1 Å². The van der Waals surface area contributed by atoms with Crippen LogP contribution in [-0.2, 0) is 0 Å². The summed E-state index contributed by atoms with van der Waals surface area (Å²) in [5, 5.41) is 9.11. The molecule has 0 saturated heterocycles. The first-order valence-corrected chi connectivity index (χ1v) is 8.37. The molecule has 0 spiro atoms. The molecule has 3 nitrogen and oxygen atoms in total. The largest absolute Gasteiger partial charge is 0.316 e. The molecule has 0 radical (unpaired) electrons. The van der Waals surface area contributed by atoms with Gasteiger partial charge >= 0.3 is 0 Å². The van der Waals surface area contributed by atoms with Crippen molar-refractivity contribution in [1.82, 2.24) is 9.97 Å². The van der Waals surface area contributed by atoms with Gasteiger partial charge in [0.15, 0.2) is 5.13 Å². The smallest absolute Gasteiger partial charge is 0.188 e. The van der Waals surface area contributed by atoms with E-state index in [4.69, 9.17) is 11.6 Å². The Kier molecular flexibility index (Phi) is 3.69. The van der Waals surface area contributed by atoms with E-state index < -0.39 is 0 Å². The summed E-state index contributed by atoms with van der Waals surface area (Å²) in [5.41, 5.74) is 2.06. The van der Waals surface area contributed by atoms with Gasteiger partial charge in [0.1, 0.15) is 5.82 Å². The van der Waals surface area contributed by atoms with Crippen LogP contribution in [0.15, 0.2) is 66.2 Å². The minimum absolute atomic E-state index is 0.617. The van der Waals surface area contributed by atoms with Gasteiger partial charge in [-0.1, -0.05) is 48.0 Å². The molecule has 0 bridgehead atoms. The average molecular weight is 338 g/mol. The summed E-state index contributed by atoms with van der Waals surface area (Å²) >= 11 is 7.40. The Bertz CT molecular complexity index is 963. The van der Waals surface area contributed by atoms with Crippen LogP contribution in [0.25, 0.3) is 22.0 Å². The van der Waals surface area contributed by atoms with Gasteiger partial charge in [0.05, 0.1) is 10.7 Å². The summed E-state index contributed by atoms with van der Waals surface area (Å²) in [6, 6.07) is 18.3. The lowest BCUT2D eigenvalue weighted by molar-refractivity contribution is 1.29. The lowest BCUT2D eigenvalue weighted by Gasteiger charge is -2.02. The second kappa shape index (κ2) is 5.99. The molecule has 23 heavy (non-hydrogen) atoms. The van der Waals surface area contributed by atoms with Gasteiger partial charge in [-0.25, -0.2) is 9.97 Å². The molecule has 1 N–H and O–H groups in total. The molecule has 0 fully saturated rings. The number of aromatic nitrogens is 2. The molecule has 0 aliphatic carbocycles. The van der Waals surface area contributed by atoms with Crippen molar-refractivity contribution in [2.45, 2.75) is 0 Å². The van der Waals surface area contributed by atoms with Crippen molar-refractivity contribution in [2.24, 2.45) is 0 Å². The maximum atomic E-state index is 5.84. The maximum absolute atomic E-state index is 5.84. The molecule has 0 aliphatic heterocycles. The van der Waals surface area contributed by atoms with Crippen LogP contribution in [0.5, 0.6) is 0 Å². The Morgan fingerprint density at radius 1 is 0.957 bits per heavy atom. The molecule has 2 aromatic carbocycles. The Labute approximate surface area is 142 Å². The average Bonchev–Trinajstić information content (AvgIpc) is 3.05. The SMILES string of the molecule is Clc1ccc(Nc2nc(-c3ccc4ccccc4c3)cs2)nc1. The standard InChI is InChI=1S/C18H12ClN3S/c19-15-7-8-17(20-10-15)22-18-21-16(11-23-18)14-6-5-12-3-1-2-4-13(12)9-14/h1-11H,(H,20,21,22). The fourth-order valence-corrected chi connectivity index (χ4v) is 3.21. The van der Waals surface area contributed by atoms with Gasteiger partial charge in [0.2, 0.25) is 0 Å². The molecule has 0 amide bonds. The number of benzene rings is 2. The second-order valence-electron chi connectivity index (χ2n) is 5.09. The molecule has 0 atom stereocenters. The third-order valence-electron chi connectivity index (χ3n) is 3.51. The van der Waals surface area contributed by atoms with E-state index in [1.807, 2.05) is 23.6 Å². The molecular weight excluding hydrogens is 326 g/mol. The van der Waals surface area contributed by atoms with Crippen LogP contribution in [0.4, 0.5) is 10.9 Å². The van der Waals surface area contributed by atoms with E-state index in [-0.39, 0.29) is 0 Å². The first-order valence-electron chi connectivity index (χ1n) is 7.11. The quantitative estimate of drug-likeness (QED) is 0.516. The van der Waals surface area contributed by atoms with Crippen LogP contribution in [-0.4, -0.2) is 9.97 Å². The van der Waals surface area contributed by atoms with Crippen molar-refractivity contribution in [3.63, 3.8) is 0 Å². The van der Waals surface area contributed by atoms with Gasteiger partial charge in [-0.05, 0) is 29.0 Å². The zero-order valence-corrected chi connectivity index (χ0v) is 13.6. The van der Waals surface area contributed by atoms with E-state index >= 15 is 0 Å². The highest BCUT2D eigenvalue weighted by Gasteiger charge is 2.06. The van der Waals surface area contributed by atoms with E-state index in [9.17, 15) is 0 Å². The Morgan fingerprint density at radius 2 is 1.83 bits per heavy atom. The fraction of sp³-hybridized carbons (Fsp3) is 0. The number of pyridine rings is 1. The summed E-state index contributed by atoms with van der Waals surface area (Å²) in [5.74, 6) is 0.730. The number of nitrogens with zero attached hydrogens (tertiary/aromatic N) is 2. The van der Waals surface area contributed by atoms with E-state index in [0.717, 1.165) is 22.2 Å². The van der Waals surface area contributed by atoms with Crippen LogP contribution in [0.2, 0.25) is 5.02 Å². The molecule has 2 heterocycles. The molecule has 0 aliphatic rings. The van der Waals surface area contributed by atoms with Crippen LogP contribution < -0.4 is 5.32 Å². The minimum Gasteiger partial charge on any atom is -0.316 e. The third kappa shape index (κ3) is 3.04. The number of rotatable bonds is 3. The monoisotopic (exact) mass is 337 g/mol. The molecular formula is C18H12ClN3S. The van der Waals surface area contributed by atoms with Crippen LogP contribution in [0.1, 0.15) is 0 Å². The highest BCUT2D eigenvalue weighted by atomic mass is 35.5. The fourth-order valence-electron chi connectivity index (χ4n) is 2.37. The number of hydrogen-bond donors (Lipinski definition) is 1. The van der Waals surface area contributed by atoms with Gasteiger partial charge in [-0.3, -0.25) is 0 Å². The summed E-state index contributed by atoms with van der Waals surface area (Å²) in [6.45, 7) is 0. The van der Waals surface area contributed by atoms with Gasteiger partial charge in [0.25, 0.3) is 0 Å². The van der Waals surface area contributed by atoms with E-state index in [1.165, 1.54) is 10.8 Å². The van der Waals surface area contributed by atoms with Crippen LogP contribution in [0.3, 0.4) is 0 Å². The first kappa shape index (κ1) is 14.2. The number of halogens is 1. The number of fused-ring (bicyclic) bond motifs is 1. The predicted molar refractivity (Wildman–Crippen MR) is 97.6 cm³/mol. The minimum atomic E-state index is 0.617. The van der Waals surface area contributed by atoms with Crippen molar-refractivity contribution >= 4 is 44.7 Å². The van der Waals surface area contributed by atoms with Crippen molar-refractivity contribution < 1.29 is 0 Å². The Hall–Kier alpha value is -2.43. The summed E-state index contributed by atoms with van der Waals surface area (Å²) in [4.78, 5) is 8.86. The number of thiazole rings is 1. The van der Waals surface area contributed by atoms with Crippen molar-refractivity contribution in [1.29, 1.82) is 0 Å². The second-order valence-corrected chi connectivity index (χ2v) is 6.38. The number of nitrogens with one attached hydrogen (secondary N) is 1. The summed E-state index contributed by atoms with van der Waals surface area (Å²) in [7, 11) is 0. The predicted octanol–water partition coefficient (Wildman–Crippen LogP) is 5.76. The highest BCUT2D eigenvalue weighted by molar-refractivity contribution is 7.14. The molecule has 4 aromatic rings. The van der Waals surface area contributed by atoms with E-state index in [0.29, 0.717) is 5.02 Å². The zero-order chi connectivity index (χ0) is 15.6. The number of anilines is 2. The van der Waals surface area contributed by atoms with Gasteiger partial charge in [-0.15, -0.1) is 11.3 Å². The van der Waals surface area contributed by atoms with Gasteiger partial charge < -0.3 is 5.32 Å². The van der Waals surface area contributed by atoms with Crippen molar-refractivity contribution in [3.05, 3.63) is 71.2 Å². The molecule has 112 valence electrons. The zero-order valence-electron chi connectivity index (χ0n) is 12.0. The molecule has 0 unspecified atom stereocenters. The highest BCUT2D eigenvalue weighted by Crippen LogP contribution is 2.29. The molecule has 5 heteroatoms. The van der Waals surface area contributed by atoms with E-state index in [1.54, 1.807) is 23.6 Å². The molecule has 0 saturated carbocycles. The van der Waals surface area contributed by atoms with E-state index in [2.05, 4.69) is 45.6 Å². The van der Waals surface area contributed by atoms with Crippen molar-refractivity contribution in [3.8, 4) is 11.3 Å². The molecule has 4 rings (SSSR count). The Balaban J connectivity index is 1.62. The lowest BCUT2D eigenvalue weighted by atomic mass is 10.1. The van der Waals surface area contributed by atoms with Crippen LogP contribution >= 0.6 is 22.9 Å². The third-order valence-corrected chi connectivity index (χ3v) is 4.49. The summed E-state index contributed by atoms with van der Waals surface area (Å²) < 4.78 is 0. The topological polar surface area (TPSA) is 37.8 Å². The summed E-state index contributed by atoms with van der Waals surface area (Å²) in [6.07, 6.45) is 1.61. The van der Waals surface area contributed by atoms with Gasteiger partial charge in [-0.2, -0.15) is 0 Å². The molecule has 2 aromatic heterocycles. The van der Waals surface area contributed by atoms with Crippen LogP contribution in [0, 0.1) is 0 Å². The van der Waals surface area contributed by atoms with Crippen molar-refractivity contribution in [2.75, 3.05) is 5.32 Å². The lowest BCUT2D eigenvalue weighted by Crippen LogP contribution is -1.92. The normalized spacial score (nSPS) is 10.8. The first-order chi connectivity index (χ1) is 11.3. The Morgan fingerprint density at radius 3 is 2.65 bits per heavy atom.